The van der Waals surface area contributed by atoms with Crippen LogP contribution in [0, 0.1) is 35.5 Å². The van der Waals surface area contributed by atoms with Crippen molar-refractivity contribution < 1.29 is 9.47 Å². The van der Waals surface area contributed by atoms with E-state index in [0.29, 0.717) is 41.6 Å². The smallest absolute Gasteiger partial charge is 0.104 e. The molecule has 0 radical (unpaired) electrons. The molecule has 2 saturated carbocycles. The highest BCUT2D eigenvalue weighted by atomic mass is 16.6. The Hall–Kier alpha value is -0.900. The highest BCUT2D eigenvalue weighted by Crippen LogP contribution is 2.41. The maximum absolute atomic E-state index is 5.97. The Morgan fingerprint density at radius 1 is 0.821 bits per heavy atom. The van der Waals surface area contributed by atoms with Crippen LogP contribution in [-0.4, -0.2) is 32.5 Å². The molecule has 3 rings (SSSR count). The van der Waals surface area contributed by atoms with Crippen LogP contribution in [0.3, 0.4) is 0 Å². The quantitative estimate of drug-likeness (QED) is 0.378. The molecule has 0 aromatic rings. The monoisotopic (exact) mass is 395 g/mol. The van der Waals surface area contributed by atoms with E-state index in [1.54, 1.807) is 0 Å². The van der Waals surface area contributed by atoms with E-state index in [0.717, 1.165) is 26.4 Å². The van der Waals surface area contributed by atoms with Gasteiger partial charge < -0.3 is 15.2 Å². The van der Waals surface area contributed by atoms with Gasteiger partial charge >= 0.3 is 0 Å². The highest BCUT2D eigenvalue weighted by Gasteiger charge is 2.33. The first-order valence-corrected chi connectivity index (χ1v) is 9.56. The molecule has 0 aromatic heterocycles. The zero-order valence-corrected chi connectivity index (χ0v) is 14.8. The summed E-state index contributed by atoms with van der Waals surface area (Å²) in [6, 6.07) is 0. The van der Waals surface area contributed by atoms with Crippen LogP contribution in [0.2, 0.25) is 0 Å². The zero-order chi connectivity index (χ0) is 16.9. The second kappa shape index (κ2) is 14.1. The Bertz CT molecular complexity index is 457. The summed E-state index contributed by atoms with van der Waals surface area (Å²) in [4.78, 5) is 0. The van der Waals surface area contributed by atoms with E-state index >= 15 is 0 Å². The van der Waals surface area contributed by atoms with Crippen LogP contribution in [0.4, 0.5) is 0 Å². The molecule has 3 aliphatic rings. The molecule has 28 heavy (non-hydrogen) atoms. The molecule has 7 unspecified atom stereocenters. The van der Waals surface area contributed by atoms with Crippen LogP contribution in [0.15, 0.2) is 37.5 Å². The number of epoxide rings is 1. The molecule has 166 valence electrons. The normalized spacial score (nSPS) is 35.8. The Kier molecular flexibility index (Phi) is 14.8. The van der Waals surface area contributed by atoms with Crippen molar-refractivity contribution in [1.82, 2.24) is 0 Å². The molecular weight excluding hydrogens is 346 g/mol. The van der Waals surface area contributed by atoms with Gasteiger partial charge in [0.2, 0.25) is 0 Å². The Labute approximate surface area is 176 Å². The summed E-state index contributed by atoms with van der Waals surface area (Å²) in [5.74, 6) is 3.73. The number of allylic oxidation sites excluding steroid dienone is 4. The summed E-state index contributed by atoms with van der Waals surface area (Å²) >= 11 is 0. The molecule has 3 nitrogen and oxygen atoms in total. The lowest BCUT2D eigenvalue weighted by Crippen LogP contribution is -2.17. The van der Waals surface area contributed by atoms with Crippen LogP contribution in [-0.2, 0) is 9.47 Å². The molecular formula is C25H49NO2. The van der Waals surface area contributed by atoms with Gasteiger partial charge in [-0.2, -0.15) is 0 Å². The summed E-state index contributed by atoms with van der Waals surface area (Å²) in [7, 11) is 0. The van der Waals surface area contributed by atoms with Crippen LogP contribution >= 0.6 is 0 Å². The van der Waals surface area contributed by atoms with Crippen LogP contribution < -0.4 is 5.73 Å². The standard InChI is InChI=1S/C21H33NO2.4CH4/c1-3-15-7-18(19(8-15)11-22)6-5-16-9-17(4-2)20(10-16)12-23-13-21-14-24-21;;;;/h3-6,15-21H,1-2,7-14,22H2;4*1H4/b6-5-;;;;. The lowest BCUT2D eigenvalue weighted by molar-refractivity contribution is 0.0794. The minimum absolute atomic E-state index is 0. The van der Waals surface area contributed by atoms with Crippen molar-refractivity contribution >= 4 is 0 Å². The predicted molar refractivity (Wildman–Crippen MR) is 125 cm³/mol. The largest absolute Gasteiger partial charge is 0.378 e. The molecule has 1 saturated heterocycles. The summed E-state index contributed by atoms with van der Waals surface area (Å²) in [6.07, 6.45) is 14.3. The third-order valence-corrected chi connectivity index (χ3v) is 6.18. The van der Waals surface area contributed by atoms with Gasteiger partial charge in [-0.25, -0.2) is 0 Å². The summed E-state index contributed by atoms with van der Waals surface area (Å²) < 4.78 is 11.0. The average Bonchev–Trinajstić information content (AvgIpc) is 3.20. The molecule has 0 spiro atoms. The van der Waals surface area contributed by atoms with Gasteiger partial charge in [0.25, 0.3) is 0 Å². The molecule has 2 N–H and O–H groups in total. The summed E-state index contributed by atoms with van der Waals surface area (Å²) in [6.45, 7) is 11.3. The van der Waals surface area contributed by atoms with Gasteiger partial charge in [0.1, 0.15) is 6.10 Å². The maximum atomic E-state index is 5.97. The fraction of sp³-hybridized carbons (Fsp3) is 0.760. The van der Waals surface area contributed by atoms with E-state index < -0.39 is 0 Å². The summed E-state index contributed by atoms with van der Waals surface area (Å²) in [5.41, 5.74) is 5.97. The average molecular weight is 396 g/mol. The maximum Gasteiger partial charge on any atom is 0.104 e. The van der Waals surface area contributed by atoms with E-state index in [1.807, 2.05) is 0 Å². The van der Waals surface area contributed by atoms with Gasteiger partial charge in [0.15, 0.2) is 0 Å². The van der Waals surface area contributed by atoms with E-state index in [-0.39, 0.29) is 29.7 Å². The van der Waals surface area contributed by atoms with Crippen molar-refractivity contribution in [3.63, 3.8) is 0 Å². The lowest BCUT2D eigenvalue weighted by atomic mass is 9.93. The third-order valence-electron chi connectivity index (χ3n) is 6.18. The van der Waals surface area contributed by atoms with E-state index in [1.165, 1.54) is 25.7 Å². The van der Waals surface area contributed by atoms with E-state index in [2.05, 4.69) is 37.5 Å². The van der Waals surface area contributed by atoms with Crippen molar-refractivity contribution in [2.45, 2.75) is 61.5 Å². The Morgan fingerprint density at radius 3 is 2.04 bits per heavy atom. The fourth-order valence-electron chi connectivity index (χ4n) is 4.56. The second-order valence-electron chi connectivity index (χ2n) is 7.90. The van der Waals surface area contributed by atoms with Gasteiger partial charge in [0.05, 0.1) is 19.8 Å². The third kappa shape index (κ3) is 7.85. The number of hydrogen-bond acceptors (Lipinski definition) is 3. The number of nitrogens with two attached hydrogens (primary N) is 1. The molecule has 0 bridgehead atoms. The van der Waals surface area contributed by atoms with E-state index in [4.69, 9.17) is 15.2 Å². The molecule has 3 heteroatoms. The topological polar surface area (TPSA) is 47.8 Å². The van der Waals surface area contributed by atoms with Gasteiger partial charge in [0, 0.05) is 0 Å². The molecule has 0 aromatic carbocycles. The van der Waals surface area contributed by atoms with E-state index in [9.17, 15) is 0 Å². The van der Waals surface area contributed by atoms with Crippen LogP contribution in [0.1, 0.15) is 55.4 Å². The Morgan fingerprint density at radius 2 is 1.46 bits per heavy atom. The van der Waals surface area contributed by atoms with Gasteiger partial charge in [-0.15, -0.1) is 13.2 Å². The first-order chi connectivity index (χ1) is 11.7. The SMILES string of the molecule is C.C.C.C.C=CC1CC(/C=C\C2CC(C=C)C(COCC3CO3)C2)C(CN)C1. The first-order valence-electron chi connectivity index (χ1n) is 9.56. The number of rotatable bonds is 9. The second-order valence-corrected chi connectivity index (χ2v) is 7.90. The van der Waals surface area contributed by atoms with Crippen molar-refractivity contribution in [2.24, 2.45) is 41.2 Å². The van der Waals surface area contributed by atoms with Gasteiger partial charge in [-0.3, -0.25) is 0 Å². The molecule has 1 aliphatic heterocycles. The first kappa shape index (κ1) is 29.3. The summed E-state index contributed by atoms with van der Waals surface area (Å²) in [5, 5.41) is 0. The molecule has 2 aliphatic carbocycles. The van der Waals surface area contributed by atoms with Crippen molar-refractivity contribution in [3.8, 4) is 0 Å². The number of hydrogen-bond donors (Lipinski definition) is 1. The van der Waals surface area contributed by atoms with Crippen molar-refractivity contribution in [3.05, 3.63) is 37.5 Å². The lowest BCUT2D eigenvalue weighted by Gasteiger charge is -2.15. The molecule has 1 heterocycles. The fourth-order valence-corrected chi connectivity index (χ4v) is 4.56. The van der Waals surface area contributed by atoms with Crippen molar-refractivity contribution in [1.29, 1.82) is 0 Å². The van der Waals surface area contributed by atoms with Crippen molar-refractivity contribution in [2.75, 3.05) is 26.4 Å². The van der Waals surface area contributed by atoms with Crippen LogP contribution in [0.25, 0.3) is 0 Å². The van der Waals surface area contributed by atoms with Crippen LogP contribution in [0.5, 0.6) is 0 Å². The minimum atomic E-state index is 0. The highest BCUT2D eigenvalue weighted by molar-refractivity contribution is 5.06. The minimum Gasteiger partial charge on any atom is -0.378 e. The molecule has 0 amide bonds. The molecule has 7 atom stereocenters. The number of ether oxygens (including phenoxy) is 2. The van der Waals surface area contributed by atoms with Gasteiger partial charge in [-0.1, -0.05) is 54.0 Å². The Balaban J connectivity index is 0. The van der Waals surface area contributed by atoms with Gasteiger partial charge in [-0.05, 0) is 67.7 Å². The molecule has 3 fully saturated rings. The zero-order valence-electron chi connectivity index (χ0n) is 14.8. The predicted octanol–water partition coefficient (Wildman–Crippen LogP) is 6.12.